The smallest absolute Gasteiger partial charge is 0.128 e. The van der Waals surface area contributed by atoms with Crippen molar-refractivity contribution in [3.63, 3.8) is 0 Å². The van der Waals surface area contributed by atoms with E-state index < -0.39 is 0 Å². The van der Waals surface area contributed by atoms with E-state index in [1.54, 1.807) is 13.2 Å². The zero-order chi connectivity index (χ0) is 15.6. The molecule has 2 nitrogen and oxygen atoms in total. The molecular weight excluding hydrogens is 265 g/mol. The van der Waals surface area contributed by atoms with Crippen molar-refractivity contribution in [3.8, 4) is 5.75 Å². The molecule has 0 fully saturated rings. The lowest BCUT2D eigenvalue weighted by Crippen LogP contribution is -2.21. The predicted molar refractivity (Wildman–Crippen MR) is 84.5 cm³/mol. The first-order valence-electron chi connectivity index (χ1n) is 7.06. The molecule has 1 N–H and O–H groups in total. The summed E-state index contributed by atoms with van der Waals surface area (Å²) in [6.45, 7) is 5.87. The van der Waals surface area contributed by atoms with Crippen LogP contribution in [-0.4, -0.2) is 14.2 Å². The molecule has 0 aliphatic rings. The predicted octanol–water partition coefficient (Wildman–Crippen LogP) is 4.07. The molecule has 21 heavy (non-hydrogen) atoms. The third kappa shape index (κ3) is 3.08. The maximum absolute atomic E-state index is 14.5. The van der Waals surface area contributed by atoms with Crippen molar-refractivity contribution in [2.45, 2.75) is 26.8 Å². The summed E-state index contributed by atoms with van der Waals surface area (Å²) in [4.78, 5) is 0. The van der Waals surface area contributed by atoms with Gasteiger partial charge in [0.15, 0.2) is 0 Å². The topological polar surface area (TPSA) is 21.3 Å². The third-order valence-corrected chi connectivity index (χ3v) is 3.75. The second-order valence-electron chi connectivity index (χ2n) is 5.44. The van der Waals surface area contributed by atoms with Gasteiger partial charge in [-0.25, -0.2) is 4.39 Å². The number of nitrogens with one attached hydrogen (secondary N) is 1. The molecule has 1 unspecified atom stereocenters. The standard InChI is InChI=1S/C18H22FNO/c1-11-6-7-16(21-5)14(9-11)18(20-4)17-13(3)8-12(2)10-15(17)19/h6-10,18,20H,1-5H3. The van der Waals surface area contributed by atoms with Gasteiger partial charge in [0.2, 0.25) is 0 Å². The molecule has 0 saturated carbocycles. The Labute approximate surface area is 126 Å². The molecule has 0 aromatic heterocycles. The molecule has 1 atom stereocenters. The Morgan fingerprint density at radius 1 is 1.05 bits per heavy atom. The fourth-order valence-corrected chi connectivity index (χ4v) is 2.83. The molecule has 0 radical (unpaired) electrons. The molecule has 0 aliphatic carbocycles. The molecule has 0 amide bonds. The van der Waals surface area contributed by atoms with Crippen LogP contribution in [0.5, 0.6) is 5.75 Å². The monoisotopic (exact) mass is 287 g/mol. The minimum atomic E-state index is -0.236. The van der Waals surface area contributed by atoms with Gasteiger partial charge in [0.1, 0.15) is 11.6 Å². The van der Waals surface area contributed by atoms with Crippen molar-refractivity contribution in [1.82, 2.24) is 5.32 Å². The summed E-state index contributed by atoms with van der Waals surface area (Å²) in [5.74, 6) is 0.578. The van der Waals surface area contributed by atoms with Crippen LogP contribution in [0.4, 0.5) is 4.39 Å². The first-order valence-corrected chi connectivity index (χ1v) is 7.06. The molecule has 0 saturated heterocycles. The fraction of sp³-hybridized carbons (Fsp3) is 0.333. The number of halogens is 1. The molecule has 0 bridgehead atoms. The van der Waals surface area contributed by atoms with E-state index >= 15 is 0 Å². The second kappa shape index (κ2) is 6.27. The Morgan fingerprint density at radius 2 is 1.76 bits per heavy atom. The molecule has 3 heteroatoms. The van der Waals surface area contributed by atoms with Gasteiger partial charge < -0.3 is 10.1 Å². The van der Waals surface area contributed by atoms with Gasteiger partial charge in [-0.05, 0) is 51.1 Å². The summed E-state index contributed by atoms with van der Waals surface area (Å²) in [7, 11) is 3.48. The summed E-state index contributed by atoms with van der Waals surface area (Å²) in [5, 5.41) is 3.22. The van der Waals surface area contributed by atoms with Crippen LogP contribution in [-0.2, 0) is 0 Å². The highest BCUT2D eigenvalue weighted by Crippen LogP contribution is 2.34. The molecule has 2 aromatic carbocycles. The van der Waals surface area contributed by atoms with Crippen molar-refractivity contribution in [3.05, 3.63) is 64.0 Å². The summed E-state index contributed by atoms with van der Waals surface area (Å²) < 4.78 is 19.9. The summed E-state index contributed by atoms with van der Waals surface area (Å²) in [6.07, 6.45) is 0. The SMILES string of the molecule is CNC(c1cc(C)ccc1OC)c1c(C)cc(C)cc1F. The quantitative estimate of drug-likeness (QED) is 0.915. The van der Waals surface area contributed by atoms with Crippen LogP contribution in [0, 0.1) is 26.6 Å². The van der Waals surface area contributed by atoms with E-state index in [0.29, 0.717) is 5.56 Å². The Morgan fingerprint density at radius 3 is 2.33 bits per heavy atom. The van der Waals surface area contributed by atoms with Gasteiger partial charge in [0.25, 0.3) is 0 Å². The molecular formula is C18H22FNO. The Kier molecular flexibility index (Phi) is 4.63. The summed E-state index contributed by atoms with van der Waals surface area (Å²) in [5.41, 5.74) is 4.62. The minimum Gasteiger partial charge on any atom is -0.496 e. The zero-order valence-electron chi connectivity index (χ0n) is 13.3. The lowest BCUT2D eigenvalue weighted by atomic mass is 9.92. The van der Waals surface area contributed by atoms with Gasteiger partial charge in [-0.1, -0.05) is 23.8 Å². The lowest BCUT2D eigenvalue weighted by Gasteiger charge is -2.23. The van der Waals surface area contributed by atoms with Crippen molar-refractivity contribution >= 4 is 0 Å². The highest BCUT2D eigenvalue weighted by Gasteiger charge is 2.22. The van der Waals surface area contributed by atoms with Gasteiger partial charge in [0, 0.05) is 11.1 Å². The third-order valence-electron chi connectivity index (χ3n) is 3.75. The number of rotatable bonds is 4. The van der Waals surface area contributed by atoms with E-state index in [4.69, 9.17) is 4.74 Å². The van der Waals surface area contributed by atoms with Crippen molar-refractivity contribution in [2.75, 3.05) is 14.2 Å². The zero-order valence-corrected chi connectivity index (χ0v) is 13.3. The number of benzene rings is 2. The lowest BCUT2D eigenvalue weighted by molar-refractivity contribution is 0.404. The largest absolute Gasteiger partial charge is 0.496 e. The minimum absolute atomic E-state index is 0.185. The fourth-order valence-electron chi connectivity index (χ4n) is 2.83. The Balaban J connectivity index is 2.63. The van der Waals surface area contributed by atoms with E-state index in [2.05, 4.69) is 5.32 Å². The second-order valence-corrected chi connectivity index (χ2v) is 5.44. The van der Waals surface area contributed by atoms with Crippen molar-refractivity contribution in [2.24, 2.45) is 0 Å². The normalized spacial score (nSPS) is 12.3. The number of aryl methyl sites for hydroxylation is 3. The maximum Gasteiger partial charge on any atom is 0.128 e. The van der Waals surface area contributed by atoms with Crippen molar-refractivity contribution in [1.29, 1.82) is 0 Å². The Hall–Kier alpha value is -1.87. The molecule has 112 valence electrons. The molecule has 2 rings (SSSR count). The van der Waals surface area contributed by atoms with Gasteiger partial charge >= 0.3 is 0 Å². The molecule has 0 heterocycles. The Bertz CT molecular complexity index is 629. The highest BCUT2D eigenvalue weighted by atomic mass is 19.1. The van der Waals surface area contributed by atoms with Crippen LogP contribution in [0.25, 0.3) is 0 Å². The van der Waals surface area contributed by atoms with Gasteiger partial charge in [-0.15, -0.1) is 0 Å². The van der Waals surface area contributed by atoms with E-state index in [1.807, 2.05) is 52.1 Å². The number of hydrogen-bond donors (Lipinski definition) is 1. The van der Waals surface area contributed by atoms with E-state index in [0.717, 1.165) is 28.0 Å². The molecule has 0 aliphatic heterocycles. The van der Waals surface area contributed by atoms with Gasteiger partial charge in [0.05, 0.1) is 13.2 Å². The average Bonchev–Trinajstić information content (AvgIpc) is 2.42. The van der Waals surface area contributed by atoms with Crippen molar-refractivity contribution < 1.29 is 9.13 Å². The maximum atomic E-state index is 14.5. The summed E-state index contributed by atoms with van der Waals surface area (Å²) in [6, 6.07) is 9.31. The van der Waals surface area contributed by atoms with Crippen LogP contribution in [0.1, 0.15) is 33.9 Å². The number of methoxy groups -OCH3 is 1. The first-order chi connectivity index (χ1) is 9.97. The number of hydrogen-bond acceptors (Lipinski definition) is 2. The van der Waals surface area contributed by atoms with Gasteiger partial charge in [-0.2, -0.15) is 0 Å². The van der Waals surface area contributed by atoms with Crippen LogP contribution in [0.3, 0.4) is 0 Å². The summed E-state index contributed by atoms with van der Waals surface area (Å²) >= 11 is 0. The van der Waals surface area contributed by atoms with Gasteiger partial charge in [-0.3, -0.25) is 0 Å². The first kappa shape index (κ1) is 15.5. The van der Waals surface area contributed by atoms with Crippen LogP contribution in [0.15, 0.2) is 30.3 Å². The van der Waals surface area contributed by atoms with Crippen LogP contribution in [0.2, 0.25) is 0 Å². The number of ether oxygens (including phenoxy) is 1. The average molecular weight is 287 g/mol. The van der Waals surface area contributed by atoms with Crippen LogP contribution < -0.4 is 10.1 Å². The molecule has 2 aromatic rings. The van der Waals surface area contributed by atoms with E-state index in [9.17, 15) is 4.39 Å². The molecule has 0 spiro atoms. The highest BCUT2D eigenvalue weighted by molar-refractivity contribution is 5.46. The van der Waals surface area contributed by atoms with Crippen LogP contribution >= 0.6 is 0 Å². The van der Waals surface area contributed by atoms with E-state index in [-0.39, 0.29) is 11.9 Å². The van der Waals surface area contributed by atoms with E-state index in [1.165, 1.54) is 0 Å².